The molecule has 3 aliphatic rings. The number of rotatable bonds is 9. The number of carbonyl (C=O) groups is 3. The van der Waals surface area contributed by atoms with Crippen LogP contribution in [0, 0.1) is 11.3 Å². The molecular weight excluding hydrogens is 506 g/mol. The zero-order valence-electron chi connectivity index (χ0n) is 23.6. The molecule has 6 atom stereocenters. The van der Waals surface area contributed by atoms with Gasteiger partial charge in [0.15, 0.2) is 28.6 Å². The average Bonchev–Trinajstić information content (AvgIpc) is 2.91. The van der Waals surface area contributed by atoms with Gasteiger partial charge in [0.1, 0.15) is 11.4 Å². The van der Waals surface area contributed by atoms with Crippen molar-refractivity contribution < 1.29 is 33.3 Å². The van der Waals surface area contributed by atoms with Gasteiger partial charge in [-0.2, -0.15) is 11.8 Å². The van der Waals surface area contributed by atoms with Crippen LogP contribution in [-0.2, 0) is 19.0 Å². The van der Waals surface area contributed by atoms with Crippen molar-refractivity contribution >= 4 is 29.1 Å². The van der Waals surface area contributed by atoms with E-state index in [1.54, 1.807) is 30.0 Å². The van der Waals surface area contributed by atoms with Crippen LogP contribution in [0.25, 0.3) is 0 Å². The van der Waals surface area contributed by atoms with E-state index in [1.165, 1.54) is 34.5 Å². The molecule has 1 aromatic rings. The van der Waals surface area contributed by atoms with E-state index in [2.05, 4.69) is 12.2 Å². The Morgan fingerprint density at radius 1 is 1.05 bits per heavy atom. The number of hydrogen-bond donors (Lipinski definition) is 1. The van der Waals surface area contributed by atoms with E-state index < -0.39 is 39.7 Å². The Morgan fingerprint density at radius 3 is 2.32 bits per heavy atom. The average molecular weight is 546 g/mol. The second-order valence-corrected chi connectivity index (χ2v) is 11.9. The van der Waals surface area contributed by atoms with E-state index in [0.29, 0.717) is 24.3 Å². The number of ketones is 3. The molecule has 0 spiro atoms. The maximum atomic E-state index is 15.0. The Morgan fingerprint density at radius 2 is 1.74 bits per heavy atom. The van der Waals surface area contributed by atoms with E-state index in [0.717, 1.165) is 5.57 Å². The molecule has 6 unspecified atom stereocenters. The highest BCUT2D eigenvalue weighted by Gasteiger charge is 2.85. The molecule has 8 nitrogen and oxygen atoms in total. The predicted molar refractivity (Wildman–Crippen MR) is 146 cm³/mol. The fourth-order valence-corrected chi connectivity index (χ4v) is 9.02. The molecule has 38 heavy (non-hydrogen) atoms. The van der Waals surface area contributed by atoms with Crippen LogP contribution in [-0.4, -0.2) is 87.2 Å². The quantitative estimate of drug-likeness (QED) is 0.500. The van der Waals surface area contributed by atoms with Gasteiger partial charge in [0.05, 0.1) is 18.1 Å². The molecule has 0 radical (unpaired) electrons. The third-order valence-corrected chi connectivity index (χ3v) is 10.6. The summed E-state index contributed by atoms with van der Waals surface area (Å²) in [7, 11) is 7.72. The van der Waals surface area contributed by atoms with Gasteiger partial charge in [-0.15, -0.1) is 0 Å². The number of carbonyl (C=O) groups excluding carboxylic acids is 3. The van der Waals surface area contributed by atoms with Gasteiger partial charge in [0, 0.05) is 50.9 Å². The van der Waals surface area contributed by atoms with Crippen LogP contribution in [0.5, 0.6) is 5.75 Å². The first-order valence-electron chi connectivity index (χ1n) is 12.9. The molecule has 0 aromatic heterocycles. The van der Waals surface area contributed by atoms with Crippen LogP contribution >= 0.6 is 11.8 Å². The predicted octanol–water partition coefficient (Wildman–Crippen LogP) is 3.52. The zero-order valence-corrected chi connectivity index (χ0v) is 24.4. The van der Waals surface area contributed by atoms with Crippen molar-refractivity contribution in [1.82, 2.24) is 5.32 Å². The molecule has 208 valence electrons. The number of thioether (sulfide) groups is 1. The largest absolute Gasteiger partial charge is 0.496 e. The zero-order chi connectivity index (χ0) is 28.1. The highest BCUT2D eigenvalue weighted by molar-refractivity contribution is 7.99. The fourth-order valence-electron chi connectivity index (χ4n) is 7.44. The lowest BCUT2D eigenvalue weighted by molar-refractivity contribution is -0.298. The van der Waals surface area contributed by atoms with Crippen molar-refractivity contribution in [2.45, 2.75) is 56.5 Å². The minimum atomic E-state index is -1.98. The number of methoxy groups -OCH3 is 4. The van der Waals surface area contributed by atoms with Crippen molar-refractivity contribution in [3.63, 3.8) is 0 Å². The topological polar surface area (TPSA) is 100 Å². The van der Waals surface area contributed by atoms with Gasteiger partial charge >= 0.3 is 0 Å². The van der Waals surface area contributed by atoms with Gasteiger partial charge < -0.3 is 24.3 Å². The fraction of sp³-hybridized carbons (Fsp3) is 0.621. The van der Waals surface area contributed by atoms with Crippen LogP contribution in [0.4, 0.5) is 0 Å². The Labute approximate surface area is 229 Å². The molecule has 9 heteroatoms. The smallest absolute Gasteiger partial charge is 0.200 e. The molecule has 0 heterocycles. The summed E-state index contributed by atoms with van der Waals surface area (Å²) in [6.45, 7) is 5.88. The summed E-state index contributed by atoms with van der Waals surface area (Å²) in [6, 6.07) is 5.12. The summed E-state index contributed by atoms with van der Waals surface area (Å²) >= 11 is 1.56. The monoisotopic (exact) mass is 545 g/mol. The number of fused-ring (bicyclic) bond motifs is 4. The normalized spacial score (nSPS) is 35.2. The third-order valence-electron chi connectivity index (χ3n) is 9.17. The number of ether oxygens (including phenoxy) is 4. The second kappa shape index (κ2) is 10.2. The molecular formula is C29H39NO7S. The SMILES string of the molecule is CNC(C)CSCC12C(=O)c3c(OC)cccc3C(=O)C1(OC)C1(OC)C(=O)C=C(C)CC1(OC)CC2C. The Balaban J connectivity index is 2.14. The van der Waals surface area contributed by atoms with Crippen LogP contribution in [0.15, 0.2) is 29.8 Å². The summed E-state index contributed by atoms with van der Waals surface area (Å²) in [4.78, 5) is 44.2. The van der Waals surface area contributed by atoms with Gasteiger partial charge in [0.25, 0.3) is 0 Å². The number of nitrogens with one attached hydrogen (secondary N) is 1. The van der Waals surface area contributed by atoms with Gasteiger partial charge in [-0.1, -0.05) is 24.6 Å². The molecule has 0 saturated heterocycles. The molecule has 0 amide bonds. The molecule has 1 fully saturated rings. The van der Waals surface area contributed by atoms with E-state index >= 15 is 0 Å². The van der Waals surface area contributed by atoms with Gasteiger partial charge in [-0.05, 0) is 45.4 Å². The van der Waals surface area contributed by atoms with Crippen LogP contribution in [0.3, 0.4) is 0 Å². The Bertz CT molecular complexity index is 1180. The van der Waals surface area contributed by atoms with Crippen molar-refractivity contribution in [2.24, 2.45) is 11.3 Å². The van der Waals surface area contributed by atoms with Crippen molar-refractivity contribution in [3.8, 4) is 5.75 Å². The standard InChI is InChI=1S/C29H39NO7S/c1-17-12-22(31)28(36-7)26(13-17,35-6)14-18(2)27(16-38-15-19(3)30-4)25(33)23-20(10-9-11-21(23)34-5)24(32)29(27,28)37-8/h9-12,18-19,30H,13-16H2,1-8H3. The Hall–Kier alpha value is -2.04. The highest BCUT2D eigenvalue weighted by atomic mass is 32.2. The first-order valence-corrected chi connectivity index (χ1v) is 14.1. The summed E-state index contributed by atoms with van der Waals surface area (Å²) in [5.41, 5.74) is -5.31. The van der Waals surface area contributed by atoms with Crippen molar-refractivity contribution in [2.75, 3.05) is 47.0 Å². The first-order chi connectivity index (χ1) is 18.0. The maximum absolute atomic E-state index is 15.0. The minimum Gasteiger partial charge on any atom is -0.496 e. The van der Waals surface area contributed by atoms with Crippen molar-refractivity contribution in [3.05, 3.63) is 41.0 Å². The van der Waals surface area contributed by atoms with E-state index in [9.17, 15) is 14.4 Å². The van der Waals surface area contributed by atoms with Crippen LogP contribution < -0.4 is 10.1 Å². The second-order valence-electron chi connectivity index (χ2n) is 10.8. The maximum Gasteiger partial charge on any atom is 0.200 e. The Kier molecular flexibility index (Phi) is 7.75. The summed E-state index contributed by atoms with van der Waals surface area (Å²) in [6.07, 6.45) is 2.20. The summed E-state index contributed by atoms with van der Waals surface area (Å²) in [5.74, 6) is -0.312. The number of benzene rings is 1. The third kappa shape index (κ3) is 3.35. The lowest BCUT2D eigenvalue weighted by Crippen LogP contribution is -2.88. The van der Waals surface area contributed by atoms with Crippen LogP contribution in [0.2, 0.25) is 0 Å². The van der Waals surface area contributed by atoms with Crippen LogP contribution in [0.1, 0.15) is 54.3 Å². The first kappa shape index (κ1) is 29.0. The van der Waals surface area contributed by atoms with E-state index in [4.69, 9.17) is 18.9 Å². The molecule has 0 aliphatic heterocycles. The van der Waals surface area contributed by atoms with Crippen molar-refractivity contribution in [1.29, 1.82) is 0 Å². The van der Waals surface area contributed by atoms with Gasteiger partial charge in [-0.3, -0.25) is 14.4 Å². The molecule has 3 aliphatic carbocycles. The molecule has 1 aromatic carbocycles. The lowest BCUT2D eigenvalue weighted by Gasteiger charge is -2.68. The lowest BCUT2D eigenvalue weighted by atomic mass is 9.40. The van der Waals surface area contributed by atoms with Gasteiger partial charge in [-0.25, -0.2) is 0 Å². The minimum absolute atomic E-state index is 0.162. The van der Waals surface area contributed by atoms with E-state index in [1.807, 2.05) is 20.9 Å². The molecule has 0 bridgehead atoms. The highest BCUT2D eigenvalue weighted by Crippen LogP contribution is 2.67. The van der Waals surface area contributed by atoms with E-state index in [-0.39, 0.29) is 28.7 Å². The van der Waals surface area contributed by atoms with Gasteiger partial charge in [0.2, 0.25) is 0 Å². The molecule has 1 saturated carbocycles. The summed E-state index contributed by atoms with van der Waals surface area (Å²) in [5, 5.41) is 3.22. The summed E-state index contributed by atoms with van der Waals surface area (Å²) < 4.78 is 24.4. The molecule has 4 rings (SSSR count). The molecule has 1 N–H and O–H groups in total. The number of Topliss-reactive ketones (excluding diaryl/α,β-unsaturated/α-hetero) is 2. The number of hydrogen-bond acceptors (Lipinski definition) is 9.